The molecule has 17 heavy (non-hydrogen) atoms. The summed E-state index contributed by atoms with van der Waals surface area (Å²) in [4.78, 5) is 0.390. The van der Waals surface area contributed by atoms with Gasteiger partial charge in [0, 0.05) is 10.2 Å². The summed E-state index contributed by atoms with van der Waals surface area (Å²) in [6.07, 6.45) is 0. The van der Waals surface area contributed by atoms with E-state index in [-0.39, 0.29) is 9.72 Å². The number of ether oxygens (including phenoxy) is 1. The van der Waals surface area contributed by atoms with Crippen molar-refractivity contribution in [3.63, 3.8) is 0 Å². The predicted octanol–water partition coefficient (Wildman–Crippen LogP) is 3.99. The Morgan fingerprint density at radius 2 is 1.88 bits per heavy atom. The summed E-state index contributed by atoms with van der Waals surface area (Å²) in [6, 6.07) is 3.00. The van der Waals surface area contributed by atoms with Gasteiger partial charge in [-0.25, -0.2) is 0 Å². The number of alkyl halides is 2. The molecule has 1 rings (SSSR count). The molecule has 0 heterocycles. The number of hydrogen-bond acceptors (Lipinski definition) is 3. The molecule has 0 saturated heterocycles. The third-order valence-corrected chi connectivity index (χ3v) is 5.78. The van der Waals surface area contributed by atoms with Crippen molar-refractivity contribution >= 4 is 74.8 Å². The summed E-state index contributed by atoms with van der Waals surface area (Å²) in [6.45, 7) is 0.474. The van der Waals surface area contributed by atoms with Gasteiger partial charge in [-0.05, 0) is 55.1 Å². The summed E-state index contributed by atoms with van der Waals surface area (Å²) in [5, 5.41) is 0.769. The number of rotatable bonds is 5. The normalized spacial score (nSPS) is 14.4. The van der Waals surface area contributed by atoms with E-state index in [1.165, 1.54) is 12.1 Å². The average molecular weight is 515 g/mol. The largest absolute Gasteiger partial charge is 0.768 e. The van der Waals surface area contributed by atoms with Crippen LogP contribution < -0.4 is 4.74 Å². The van der Waals surface area contributed by atoms with E-state index in [1.54, 1.807) is 0 Å². The van der Waals surface area contributed by atoms with E-state index in [9.17, 15) is 8.76 Å². The first-order valence-corrected chi connectivity index (χ1v) is 9.06. The number of benzene rings is 1. The molecule has 0 aliphatic carbocycles. The maximum absolute atomic E-state index is 10.8. The highest BCUT2D eigenvalue weighted by Gasteiger charge is 2.11. The lowest BCUT2D eigenvalue weighted by atomic mass is 10.3. The number of hydrogen-bond donors (Lipinski definition) is 0. The van der Waals surface area contributed by atoms with Gasteiger partial charge < -0.3 is 9.29 Å². The zero-order valence-corrected chi connectivity index (χ0v) is 15.5. The van der Waals surface area contributed by atoms with E-state index >= 15 is 0 Å². The van der Waals surface area contributed by atoms with Gasteiger partial charge in [0.2, 0.25) is 0 Å². The molecular weight excluding hydrogens is 508 g/mol. The van der Waals surface area contributed by atoms with E-state index in [4.69, 9.17) is 4.74 Å². The Balaban J connectivity index is 2.90. The third kappa shape index (κ3) is 4.91. The van der Waals surface area contributed by atoms with Crippen LogP contribution in [-0.2, 0) is 11.1 Å². The quantitative estimate of drug-likeness (QED) is 0.441. The van der Waals surface area contributed by atoms with Crippen LogP contribution in [0.4, 0.5) is 0 Å². The Morgan fingerprint density at radius 3 is 2.29 bits per heavy atom. The molecule has 96 valence electrons. The molecular formula is C9H7Br4O3S-. The van der Waals surface area contributed by atoms with Gasteiger partial charge in [0.25, 0.3) is 0 Å². The maximum Gasteiger partial charge on any atom is 0.147 e. The van der Waals surface area contributed by atoms with E-state index in [1.807, 2.05) is 0 Å². The molecule has 0 radical (unpaired) electrons. The van der Waals surface area contributed by atoms with Crippen molar-refractivity contribution in [3.05, 3.63) is 21.1 Å². The van der Waals surface area contributed by atoms with Crippen LogP contribution in [0.15, 0.2) is 26.0 Å². The van der Waals surface area contributed by atoms with Crippen LogP contribution in [0, 0.1) is 0 Å². The molecule has 0 N–H and O–H groups in total. The molecule has 0 aliphatic rings. The topological polar surface area (TPSA) is 49.4 Å². The lowest BCUT2D eigenvalue weighted by Crippen LogP contribution is -2.12. The molecule has 0 amide bonds. The van der Waals surface area contributed by atoms with Crippen LogP contribution in [0.1, 0.15) is 0 Å². The van der Waals surface area contributed by atoms with Gasteiger partial charge in [-0.3, -0.25) is 4.21 Å². The Labute approximate surface area is 135 Å². The van der Waals surface area contributed by atoms with Crippen molar-refractivity contribution in [2.75, 3.05) is 11.9 Å². The fourth-order valence-electron chi connectivity index (χ4n) is 0.989. The molecule has 3 nitrogen and oxygen atoms in total. The van der Waals surface area contributed by atoms with Gasteiger partial charge in [-0.15, -0.1) is 0 Å². The summed E-state index contributed by atoms with van der Waals surface area (Å²) < 4.78 is 28.4. The Bertz CT molecular complexity index is 404. The molecule has 0 fully saturated rings. The summed E-state index contributed by atoms with van der Waals surface area (Å²) in [5.41, 5.74) is 0. The lowest BCUT2D eigenvalue weighted by molar-refractivity contribution is 0.321. The van der Waals surface area contributed by atoms with Gasteiger partial charge in [-0.2, -0.15) is 0 Å². The van der Waals surface area contributed by atoms with E-state index in [0.717, 1.165) is 5.33 Å². The average Bonchev–Trinajstić information content (AvgIpc) is 2.27. The van der Waals surface area contributed by atoms with Crippen LogP contribution >= 0.6 is 63.7 Å². The first kappa shape index (κ1) is 16.1. The fraction of sp³-hybridized carbons (Fsp3) is 0.333. The minimum Gasteiger partial charge on any atom is -0.768 e. The molecule has 2 atom stereocenters. The SMILES string of the molecule is O=S([O-])c1cc(Br)c(OCC(Br)CBr)c(Br)c1. The van der Waals surface area contributed by atoms with Crippen molar-refractivity contribution in [3.8, 4) is 5.75 Å². The summed E-state index contributed by atoms with van der Waals surface area (Å²) in [5.74, 6) is 0.588. The Morgan fingerprint density at radius 1 is 1.35 bits per heavy atom. The highest BCUT2D eigenvalue weighted by molar-refractivity contribution is 9.12. The fourth-order valence-corrected chi connectivity index (χ4v) is 3.45. The molecule has 1 aromatic rings. The van der Waals surface area contributed by atoms with E-state index < -0.39 is 11.1 Å². The molecule has 2 unspecified atom stereocenters. The number of halogens is 4. The first-order valence-electron chi connectivity index (χ1n) is 4.36. The Hall–Kier alpha value is 1.05. The van der Waals surface area contributed by atoms with Crippen LogP contribution in [0.3, 0.4) is 0 Å². The van der Waals surface area contributed by atoms with Gasteiger partial charge in [0.15, 0.2) is 0 Å². The molecule has 0 aliphatic heterocycles. The van der Waals surface area contributed by atoms with Gasteiger partial charge in [-0.1, -0.05) is 31.9 Å². The minimum atomic E-state index is -2.25. The van der Waals surface area contributed by atoms with Crippen molar-refractivity contribution in [2.24, 2.45) is 0 Å². The molecule has 0 saturated carbocycles. The van der Waals surface area contributed by atoms with Crippen LogP contribution in [0.25, 0.3) is 0 Å². The van der Waals surface area contributed by atoms with Crippen molar-refractivity contribution in [1.29, 1.82) is 0 Å². The van der Waals surface area contributed by atoms with Crippen molar-refractivity contribution in [1.82, 2.24) is 0 Å². The monoisotopic (exact) mass is 511 g/mol. The van der Waals surface area contributed by atoms with Crippen molar-refractivity contribution < 1.29 is 13.5 Å². The molecule has 0 spiro atoms. The van der Waals surface area contributed by atoms with Gasteiger partial charge >= 0.3 is 0 Å². The standard InChI is InChI=1S/C9H8Br4O3S/c10-3-5(11)4-16-9-7(12)1-6(17(14)15)2-8(9)13/h1-2,5H,3-4H2,(H,14,15)/p-1. The second-order valence-electron chi connectivity index (χ2n) is 3.01. The van der Waals surface area contributed by atoms with Crippen LogP contribution in [-0.4, -0.2) is 25.5 Å². The van der Waals surface area contributed by atoms with Crippen LogP contribution in [0.2, 0.25) is 0 Å². The molecule has 8 heteroatoms. The lowest BCUT2D eigenvalue weighted by Gasteiger charge is -2.14. The first-order chi connectivity index (χ1) is 7.95. The predicted molar refractivity (Wildman–Crippen MR) is 81.0 cm³/mol. The molecule has 0 bridgehead atoms. The van der Waals surface area contributed by atoms with E-state index in [0.29, 0.717) is 21.3 Å². The van der Waals surface area contributed by atoms with E-state index in [2.05, 4.69) is 63.7 Å². The second kappa shape index (κ2) is 7.59. The summed E-state index contributed by atoms with van der Waals surface area (Å²) in [7, 11) is 0. The van der Waals surface area contributed by atoms with Crippen LogP contribution in [0.5, 0.6) is 5.75 Å². The molecule has 1 aromatic carbocycles. The summed E-state index contributed by atoms with van der Waals surface area (Å²) >= 11 is 11.1. The highest BCUT2D eigenvalue weighted by atomic mass is 79.9. The minimum absolute atomic E-state index is 0.189. The zero-order valence-electron chi connectivity index (χ0n) is 8.29. The maximum atomic E-state index is 10.8. The molecule has 0 aromatic heterocycles. The Kier molecular flexibility index (Phi) is 7.19. The second-order valence-corrected chi connectivity index (χ2v) is 7.61. The van der Waals surface area contributed by atoms with Crippen molar-refractivity contribution in [2.45, 2.75) is 9.72 Å². The smallest absolute Gasteiger partial charge is 0.147 e. The highest BCUT2D eigenvalue weighted by Crippen LogP contribution is 2.35. The van der Waals surface area contributed by atoms with Gasteiger partial charge in [0.1, 0.15) is 12.4 Å². The van der Waals surface area contributed by atoms with Gasteiger partial charge in [0.05, 0.1) is 13.8 Å². The third-order valence-electron chi connectivity index (χ3n) is 1.74. The zero-order chi connectivity index (χ0) is 13.0.